The van der Waals surface area contributed by atoms with Crippen molar-refractivity contribution >= 4 is 5.82 Å². The molecule has 4 nitrogen and oxygen atoms in total. The first-order valence-corrected chi connectivity index (χ1v) is 6.15. The summed E-state index contributed by atoms with van der Waals surface area (Å²) in [5, 5.41) is 0. The Balaban J connectivity index is 2.14. The fourth-order valence-electron chi connectivity index (χ4n) is 2.40. The van der Waals surface area contributed by atoms with Crippen LogP contribution in [-0.2, 0) is 11.3 Å². The quantitative estimate of drug-likeness (QED) is 0.855. The zero-order valence-electron chi connectivity index (χ0n) is 10.6. The lowest BCUT2D eigenvalue weighted by molar-refractivity contribution is 0.161. The number of ether oxygens (including phenoxy) is 1. The summed E-state index contributed by atoms with van der Waals surface area (Å²) in [6.07, 6.45) is 1.17. The van der Waals surface area contributed by atoms with E-state index in [0.717, 1.165) is 36.8 Å². The van der Waals surface area contributed by atoms with Crippen molar-refractivity contribution in [3.8, 4) is 0 Å². The van der Waals surface area contributed by atoms with Crippen LogP contribution in [0.4, 0.5) is 5.82 Å². The average molecular weight is 235 g/mol. The number of nitrogens with two attached hydrogens (primary N) is 1. The summed E-state index contributed by atoms with van der Waals surface area (Å²) in [4.78, 5) is 6.96. The molecule has 1 aromatic rings. The lowest BCUT2D eigenvalue weighted by Crippen LogP contribution is -2.24. The van der Waals surface area contributed by atoms with E-state index in [-0.39, 0.29) is 0 Å². The summed E-state index contributed by atoms with van der Waals surface area (Å²) in [5.74, 6) is 1.68. The summed E-state index contributed by atoms with van der Waals surface area (Å²) in [6.45, 7) is 5.48. The predicted molar refractivity (Wildman–Crippen MR) is 69.1 cm³/mol. The number of hydrogen-bond acceptors (Lipinski definition) is 4. The molecule has 1 atom stereocenters. The van der Waals surface area contributed by atoms with Gasteiger partial charge in [0, 0.05) is 43.9 Å². The van der Waals surface area contributed by atoms with Gasteiger partial charge in [0.25, 0.3) is 0 Å². The predicted octanol–water partition coefficient (Wildman–Crippen LogP) is 1.32. The minimum atomic E-state index is 0.550. The van der Waals surface area contributed by atoms with Gasteiger partial charge < -0.3 is 15.4 Å². The molecule has 1 saturated heterocycles. The smallest absolute Gasteiger partial charge is 0.133 e. The molecule has 4 heteroatoms. The first kappa shape index (κ1) is 12.3. The molecular weight excluding hydrogens is 214 g/mol. The zero-order valence-corrected chi connectivity index (χ0v) is 10.6. The Hall–Kier alpha value is -1.13. The molecule has 94 valence electrons. The van der Waals surface area contributed by atoms with Gasteiger partial charge in [-0.15, -0.1) is 0 Å². The lowest BCUT2D eigenvalue weighted by atomic mass is 10.1. The number of rotatable bonds is 4. The van der Waals surface area contributed by atoms with E-state index in [1.807, 2.05) is 13.0 Å². The molecule has 0 radical (unpaired) electrons. The van der Waals surface area contributed by atoms with Gasteiger partial charge in [-0.25, -0.2) is 4.98 Å². The van der Waals surface area contributed by atoms with Gasteiger partial charge in [-0.1, -0.05) is 6.07 Å². The van der Waals surface area contributed by atoms with Crippen LogP contribution in [0, 0.1) is 12.8 Å². The molecule has 1 aliphatic rings. The molecule has 0 saturated carbocycles. The molecule has 0 aliphatic carbocycles. The molecule has 1 fully saturated rings. The van der Waals surface area contributed by atoms with E-state index in [2.05, 4.69) is 16.0 Å². The molecule has 0 aromatic carbocycles. The highest BCUT2D eigenvalue weighted by atomic mass is 16.5. The highest BCUT2D eigenvalue weighted by Crippen LogP contribution is 2.25. The standard InChI is InChI=1S/C13H21N3O/c1-10-3-4-12(7-14)13(15-10)16-6-5-11(8-16)9-17-2/h3-4,11H,5-9,14H2,1-2H3. The maximum absolute atomic E-state index is 5.77. The van der Waals surface area contributed by atoms with Crippen LogP contribution in [0.2, 0.25) is 0 Å². The van der Waals surface area contributed by atoms with Crippen molar-refractivity contribution in [3.05, 3.63) is 23.4 Å². The third-order valence-electron chi connectivity index (χ3n) is 3.30. The van der Waals surface area contributed by atoms with Crippen molar-refractivity contribution in [1.29, 1.82) is 0 Å². The molecule has 1 unspecified atom stereocenters. The molecule has 0 spiro atoms. The summed E-state index contributed by atoms with van der Waals surface area (Å²) < 4.78 is 5.22. The van der Waals surface area contributed by atoms with Crippen molar-refractivity contribution in [3.63, 3.8) is 0 Å². The van der Waals surface area contributed by atoms with Gasteiger partial charge >= 0.3 is 0 Å². The first-order chi connectivity index (χ1) is 8.24. The monoisotopic (exact) mass is 235 g/mol. The number of aromatic nitrogens is 1. The Morgan fingerprint density at radius 1 is 1.53 bits per heavy atom. The fourth-order valence-corrected chi connectivity index (χ4v) is 2.40. The third kappa shape index (κ3) is 2.76. The van der Waals surface area contributed by atoms with Crippen molar-refractivity contribution < 1.29 is 4.74 Å². The Labute approximate surface area is 103 Å². The van der Waals surface area contributed by atoms with E-state index < -0.39 is 0 Å². The third-order valence-corrected chi connectivity index (χ3v) is 3.30. The van der Waals surface area contributed by atoms with E-state index >= 15 is 0 Å². The van der Waals surface area contributed by atoms with Crippen LogP contribution in [0.15, 0.2) is 12.1 Å². The average Bonchev–Trinajstić information content (AvgIpc) is 2.78. The lowest BCUT2D eigenvalue weighted by Gasteiger charge is -2.20. The van der Waals surface area contributed by atoms with E-state index in [1.54, 1.807) is 7.11 Å². The summed E-state index contributed by atoms with van der Waals surface area (Å²) in [7, 11) is 1.76. The summed E-state index contributed by atoms with van der Waals surface area (Å²) in [5.41, 5.74) is 7.95. The number of anilines is 1. The van der Waals surface area contributed by atoms with Crippen LogP contribution < -0.4 is 10.6 Å². The van der Waals surface area contributed by atoms with Crippen molar-refractivity contribution in [1.82, 2.24) is 4.98 Å². The van der Waals surface area contributed by atoms with E-state index in [4.69, 9.17) is 10.5 Å². The van der Waals surface area contributed by atoms with Crippen LogP contribution in [0.5, 0.6) is 0 Å². The highest BCUT2D eigenvalue weighted by Gasteiger charge is 2.24. The molecule has 1 aromatic heterocycles. The zero-order chi connectivity index (χ0) is 12.3. The SMILES string of the molecule is COCC1CCN(c2nc(C)ccc2CN)C1. The van der Waals surface area contributed by atoms with Gasteiger partial charge in [-0.3, -0.25) is 0 Å². The fraction of sp³-hybridized carbons (Fsp3) is 0.615. The van der Waals surface area contributed by atoms with Gasteiger partial charge in [-0.2, -0.15) is 0 Å². The Morgan fingerprint density at radius 3 is 3.06 bits per heavy atom. The van der Waals surface area contributed by atoms with Crippen molar-refractivity contribution in [2.24, 2.45) is 11.7 Å². The normalized spacial score (nSPS) is 19.9. The van der Waals surface area contributed by atoms with Crippen LogP contribution in [0.1, 0.15) is 17.7 Å². The topological polar surface area (TPSA) is 51.4 Å². The number of methoxy groups -OCH3 is 1. The molecule has 1 aliphatic heterocycles. The van der Waals surface area contributed by atoms with E-state index in [9.17, 15) is 0 Å². The van der Waals surface area contributed by atoms with E-state index in [1.165, 1.54) is 6.42 Å². The number of nitrogens with zero attached hydrogens (tertiary/aromatic N) is 2. The van der Waals surface area contributed by atoms with E-state index in [0.29, 0.717) is 12.5 Å². The van der Waals surface area contributed by atoms with Crippen LogP contribution in [-0.4, -0.2) is 31.8 Å². The maximum Gasteiger partial charge on any atom is 0.133 e. The van der Waals surface area contributed by atoms with Crippen LogP contribution in [0.25, 0.3) is 0 Å². The second-order valence-electron chi connectivity index (χ2n) is 4.70. The first-order valence-electron chi connectivity index (χ1n) is 6.15. The van der Waals surface area contributed by atoms with Gasteiger partial charge in [-0.05, 0) is 19.4 Å². The Bertz CT molecular complexity index is 381. The largest absolute Gasteiger partial charge is 0.384 e. The van der Waals surface area contributed by atoms with Gasteiger partial charge in [0.15, 0.2) is 0 Å². The molecule has 0 amide bonds. The van der Waals surface area contributed by atoms with Crippen molar-refractivity contribution in [2.75, 3.05) is 31.7 Å². The van der Waals surface area contributed by atoms with Gasteiger partial charge in [0.2, 0.25) is 0 Å². The molecule has 2 heterocycles. The molecule has 2 N–H and O–H groups in total. The number of aryl methyl sites for hydroxylation is 1. The second-order valence-corrected chi connectivity index (χ2v) is 4.70. The van der Waals surface area contributed by atoms with Crippen LogP contribution in [0.3, 0.4) is 0 Å². The Kier molecular flexibility index (Phi) is 3.97. The second kappa shape index (κ2) is 5.47. The number of hydrogen-bond donors (Lipinski definition) is 1. The Morgan fingerprint density at radius 2 is 2.35 bits per heavy atom. The minimum Gasteiger partial charge on any atom is -0.384 e. The molecule has 17 heavy (non-hydrogen) atoms. The molecule has 2 rings (SSSR count). The number of pyridine rings is 1. The minimum absolute atomic E-state index is 0.550. The molecule has 0 bridgehead atoms. The van der Waals surface area contributed by atoms with Gasteiger partial charge in [0.1, 0.15) is 5.82 Å². The summed E-state index contributed by atoms with van der Waals surface area (Å²) >= 11 is 0. The van der Waals surface area contributed by atoms with Crippen LogP contribution >= 0.6 is 0 Å². The van der Waals surface area contributed by atoms with Crippen molar-refractivity contribution in [2.45, 2.75) is 19.9 Å². The van der Waals surface area contributed by atoms with Gasteiger partial charge in [0.05, 0.1) is 6.61 Å². The molecular formula is C13H21N3O. The summed E-state index contributed by atoms with van der Waals surface area (Å²) in [6, 6.07) is 4.11. The highest BCUT2D eigenvalue weighted by molar-refractivity contribution is 5.48. The maximum atomic E-state index is 5.77.